The lowest BCUT2D eigenvalue weighted by atomic mass is 9.87. The number of ether oxygens (including phenoxy) is 1. The molecule has 0 aromatic heterocycles. The first kappa shape index (κ1) is 20.6. The Hall–Kier alpha value is -2.14. The molecule has 2 aromatic carbocycles. The van der Waals surface area contributed by atoms with E-state index in [1.165, 1.54) is 18.9 Å². The van der Waals surface area contributed by atoms with Crippen LogP contribution in [0.4, 0.5) is 0 Å². The number of hydrogen-bond acceptors (Lipinski definition) is 5. The zero-order valence-electron chi connectivity index (χ0n) is 14.8. The van der Waals surface area contributed by atoms with Gasteiger partial charge in [-0.15, -0.1) is 11.8 Å². The molecule has 0 radical (unpaired) electrons. The molecule has 0 spiro atoms. The number of aromatic hydroxyl groups is 1. The van der Waals surface area contributed by atoms with Crippen molar-refractivity contribution in [1.29, 1.82) is 5.26 Å². The van der Waals surface area contributed by atoms with E-state index in [1.54, 1.807) is 18.2 Å². The molecular weight excluding hydrogens is 464 g/mol. The summed E-state index contributed by atoms with van der Waals surface area (Å²) in [5.74, 6) is 0.169. The van der Waals surface area contributed by atoms with Gasteiger partial charge >= 0.3 is 0 Å². The fraction of sp³-hybridized carbons (Fsp3) is 0.200. The number of thioether (sulfide) groups is 1. The van der Waals surface area contributed by atoms with Gasteiger partial charge in [-0.05, 0) is 45.3 Å². The van der Waals surface area contributed by atoms with Crippen molar-refractivity contribution in [3.05, 3.63) is 67.6 Å². The van der Waals surface area contributed by atoms with E-state index < -0.39 is 5.92 Å². The van der Waals surface area contributed by atoms with Gasteiger partial charge in [0.15, 0.2) is 11.5 Å². The Bertz CT molecular complexity index is 1000. The average Bonchev–Trinajstić information content (AvgIpc) is 2.68. The van der Waals surface area contributed by atoms with E-state index in [0.29, 0.717) is 31.4 Å². The minimum Gasteiger partial charge on any atom is -0.503 e. The van der Waals surface area contributed by atoms with Gasteiger partial charge in [0.25, 0.3) is 0 Å². The summed E-state index contributed by atoms with van der Waals surface area (Å²) < 4.78 is 5.64. The van der Waals surface area contributed by atoms with Crippen molar-refractivity contribution in [2.75, 3.05) is 7.11 Å². The number of hydrogen-bond donors (Lipinski definition) is 2. The van der Waals surface area contributed by atoms with Crippen LogP contribution in [-0.2, 0) is 10.5 Å². The number of allylic oxidation sites excluding steroid dienone is 1. The third kappa shape index (κ3) is 4.30. The van der Waals surface area contributed by atoms with Crippen LogP contribution in [0.1, 0.15) is 23.5 Å². The molecule has 0 unspecified atom stereocenters. The van der Waals surface area contributed by atoms with E-state index in [2.05, 4.69) is 27.3 Å². The molecule has 0 saturated carbocycles. The first-order valence-corrected chi connectivity index (χ1v) is 10.5. The molecule has 28 heavy (non-hydrogen) atoms. The van der Waals surface area contributed by atoms with Crippen molar-refractivity contribution >= 4 is 45.2 Å². The Morgan fingerprint density at radius 2 is 2.18 bits per heavy atom. The monoisotopic (exact) mass is 478 g/mol. The maximum Gasteiger partial charge on any atom is 0.225 e. The molecule has 0 saturated heterocycles. The normalized spacial score (nSPS) is 16.5. The maximum atomic E-state index is 12.3. The second kappa shape index (κ2) is 8.91. The summed E-state index contributed by atoms with van der Waals surface area (Å²) in [6, 6.07) is 13.0. The number of halogens is 2. The van der Waals surface area contributed by atoms with E-state index in [4.69, 9.17) is 16.3 Å². The Kier molecular flexibility index (Phi) is 6.55. The van der Waals surface area contributed by atoms with Crippen LogP contribution in [-0.4, -0.2) is 18.1 Å². The summed E-state index contributed by atoms with van der Waals surface area (Å²) in [5.41, 5.74) is 2.10. The minimum atomic E-state index is -0.432. The lowest BCUT2D eigenvalue weighted by molar-refractivity contribution is -0.120. The topological polar surface area (TPSA) is 82.3 Å². The summed E-state index contributed by atoms with van der Waals surface area (Å²) in [5, 5.41) is 23.8. The number of carbonyl (C=O) groups excluding carboxylic acids is 1. The van der Waals surface area contributed by atoms with Crippen LogP contribution >= 0.6 is 39.3 Å². The van der Waals surface area contributed by atoms with E-state index in [0.717, 1.165) is 5.56 Å². The second-order valence-corrected chi connectivity index (χ2v) is 8.34. The van der Waals surface area contributed by atoms with E-state index in [-0.39, 0.29) is 23.8 Å². The standard InChI is InChI=1S/C20H16BrClN2O3S/c1-27-17-7-12(6-15(21)19(17)26)13-8-18(25)24-20(14(13)9-23)28-10-11-4-2-3-5-16(11)22/h2-7,13,26H,8,10H2,1H3,(H,24,25)/t13-/m1/s1. The highest BCUT2D eigenvalue weighted by Gasteiger charge is 2.30. The Balaban J connectivity index is 1.97. The quantitative estimate of drug-likeness (QED) is 0.624. The second-order valence-electron chi connectivity index (χ2n) is 6.09. The highest BCUT2D eigenvalue weighted by Crippen LogP contribution is 2.42. The number of rotatable bonds is 5. The molecule has 8 heteroatoms. The van der Waals surface area contributed by atoms with Crippen LogP contribution in [0.25, 0.3) is 0 Å². The summed E-state index contributed by atoms with van der Waals surface area (Å²) in [4.78, 5) is 12.3. The Morgan fingerprint density at radius 1 is 1.43 bits per heavy atom. The van der Waals surface area contributed by atoms with Crippen LogP contribution in [0.5, 0.6) is 11.5 Å². The van der Waals surface area contributed by atoms with Gasteiger partial charge in [-0.1, -0.05) is 29.8 Å². The zero-order chi connectivity index (χ0) is 20.3. The highest BCUT2D eigenvalue weighted by atomic mass is 79.9. The summed E-state index contributed by atoms with van der Waals surface area (Å²) in [6.07, 6.45) is 0.138. The van der Waals surface area contributed by atoms with Gasteiger partial charge < -0.3 is 15.2 Å². The Morgan fingerprint density at radius 3 is 2.86 bits per heavy atom. The number of nitrogens with zero attached hydrogens (tertiary/aromatic N) is 1. The molecule has 0 bridgehead atoms. The fourth-order valence-electron chi connectivity index (χ4n) is 2.93. The smallest absolute Gasteiger partial charge is 0.225 e. The Labute approximate surface area is 180 Å². The van der Waals surface area contributed by atoms with Gasteiger partial charge in [0.05, 0.1) is 28.3 Å². The number of carbonyl (C=O) groups is 1. The lowest BCUT2D eigenvalue weighted by Gasteiger charge is -2.25. The molecule has 1 aliphatic heterocycles. The third-order valence-electron chi connectivity index (χ3n) is 4.36. The van der Waals surface area contributed by atoms with Crippen LogP contribution in [0, 0.1) is 11.3 Å². The SMILES string of the molecule is COc1cc([C@H]2CC(=O)NC(SCc3ccccc3Cl)=C2C#N)cc(Br)c1O. The number of phenolic OH excluding ortho intramolecular Hbond substituents is 1. The predicted molar refractivity (Wildman–Crippen MR) is 113 cm³/mol. The molecular formula is C20H16BrClN2O3S. The van der Waals surface area contributed by atoms with Crippen molar-refractivity contribution in [3.8, 4) is 17.6 Å². The van der Waals surface area contributed by atoms with Gasteiger partial charge in [-0.25, -0.2) is 0 Å². The van der Waals surface area contributed by atoms with Crippen LogP contribution < -0.4 is 10.1 Å². The van der Waals surface area contributed by atoms with Crippen molar-refractivity contribution in [2.45, 2.75) is 18.1 Å². The van der Waals surface area contributed by atoms with E-state index in [1.807, 2.05) is 18.2 Å². The molecule has 1 heterocycles. The predicted octanol–water partition coefficient (Wildman–Crippen LogP) is 5.09. The molecule has 5 nitrogen and oxygen atoms in total. The van der Waals surface area contributed by atoms with Crippen LogP contribution in [0.15, 0.2) is 51.5 Å². The van der Waals surface area contributed by atoms with Crippen LogP contribution in [0.2, 0.25) is 5.02 Å². The summed E-state index contributed by atoms with van der Waals surface area (Å²) in [7, 11) is 1.45. The number of benzene rings is 2. The van der Waals surface area contributed by atoms with Crippen molar-refractivity contribution in [1.82, 2.24) is 5.32 Å². The van der Waals surface area contributed by atoms with Gasteiger partial charge in [0, 0.05) is 23.1 Å². The molecule has 2 N–H and O–H groups in total. The first-order valence-electron chi connectivity index (χ1n) is 8.31. The van der Waals surface area contributed by atoms with Gasteiger partial charge in [0.1, 0.15) is 0 Å². The third-order valence-corrected chi connectivity index (χ3v) is 6.40. The minimum absolute atomic E-state index is 0.0256. The largest absolute Gasteiger partial charge is 0.503 e. The molecule has 1 aliphatic rings. The molecule has 3 rings (SSSR count). The van der Waals surface area contributed by atoms with Gasteiger partial charge in [-0.3, -0.25) is 4.79 Å². The lowest BCUT2D eigenvalue weighted by Crippen LogP contribution is -2.30. The van der Waals surface area contributed by atoms with E-state index in [9.17, 15) is 15.2 Å². The van der Waals surface area contributed by atoms with E-state index >= 15 is 0 Å². The fourth-order valence-corrected chi connectivity index (χ4v) is 4.76. The van der Waals surface area contributed by atoms with Crippen LogP contribution in [0.3, 0.4) is 0 Å². The van der Waals surface area contributed by atoms with Crippen molar-refractivity contribution in [3.63, 3.8) is 0 Å². The molecule has 144 valence electrons. The molecule has 0 fully saturated rings. The molecule has 2 aromatic rings. The maximum absolute atomic E-state index is 12.3. The number of phenols is 1. The number of methoxy groups -OCH3 is 1. The molecule has 0 aliphatic carbocycles. The molecule has 1 atom stereocenters. The number of nitriles is 1. The summed E-state index contributed by atoms with van der Waals surface area (Å²) in [6.45, 7) is 0. The zero-order valence-corrected chi connectivity index (χ0v) is 18.0. The van der Waals surface area contributed by atoms with Crippen molar-refractivity contribution in [2.24, 2.45) is 0 Å². The number of amides is 1. The van der Waals surface area contributed by atoms with Gasteiger partial charge in [0.2, 0.25) is 5.91 Å². The van der Waals surface area contributed by atoms with Crippen molar-refractivity contribution < 1.29 is 14.6 Å². The average molecular weight is 480 g/mol. The van der Waals surface area contributed by atoms with Gasteiger partial charge in [-0.2, -0.15) is 5.26 Å². The summed E-state index contributed by atoms with van der Waals surface area (Å²) >= 11 is 10.9. The highest BCUT2D eigenvalue weighted by molar-refractivity contribution is 9.10. The molecule has 1 amide bonds. The first-order chi connectivity index (χ1) is 13.4. The number of nitrogens with one attached hydrogen (secondary N) is 1.